The molecule has 1 aliphatic heterocycles. The standard InChI is InChI=1S/C25H24BrFN2O/c26-19-3-1-17(2-4-19)13-24(30)29-15-25(16-29)10-7-18(8-11-25)21-9-12-28-23-6-5-20(27)14-22(21)23/h1-6,9,12,14,18H,7-8,10-11,13,15-16H2. The molecule has 0 atom stereocenters. The molecule has 1 saturated carbocycles. The number of benzene rings is 2. The van der Waals surface area contributed by atoms with E-state index in [4.69, 9.17) is 0 Å². The van der Waals surface area contributed by atoms with Crippen LogP contribution >= 0.6 is 15.9 Å². The van der Waals surface area contributed by atoms with Gasteiger partial charge in [0.2, 0.25) is 5.91 Å². The van der Waals surface area contributed by atoms with Gasteiger partial charge in [-0.1, -0.05) is 28.1 Å². The van der Waals surface area contributed by atoms with Crippen LogP contribution in [-0.4, -0.2) is 28.9 Å². The van der Waals surface area contributed by atoms with Gasteiger partial charge in [0.25, 0.3) is 0 Å². The quantitative estimate of drug-likeness (QED) is 0.483. The molecule has 0 bridgehead atoms. The summed E-state index contributed by atoms with van der Waals surface area (Å²) in [5, 5.41) is 0.943. The van der Waals surface area contributed by atoms with Crippen LogP contribution < -0.4 is 0 Å². The molecule has 2 heterocycles. The second-order valence-corrected chi connectivity index (χ2v) is 9.80. The molecule has 30 heavy (non-hydrogen) atoms. The summed E-state index contributed by atoms with van der Waals surface area (Å²) in [5.74, 6) is 0.457. The van der Waals surface area contributed by atoms with Crippen molar-refractivity contribution in [2.24, 2.45) is 5.41 Å². The van der Waals surface area contributed by atoms with Crippen molar-refractivity contribution in [1.29, 1.82) is 0 Å². The molecule has 1 saturated heterocycles. The van der Waals surface area contributed by atoms with Crippen LogP contribution in [0.1, 0.15) is 42.7 Å². The number of hydrogen-bond donors (Lipinski definition) is 0. The Bertz CT molecular complexity index is 1080. The lowest BCUT2D eigenvalue weighted by Crippen LogP contribution is -2.59. The highest BCUT2D eigenvalue weighted by molar-refractivity contribution is 9.10. The number of rotatable bonds is 3. The van der Waals surface area contributed by atoms with Gasteiger partial charge in [0.05, 0.1) is 11.9 Å². The zero-order valence-electron chi connectivity index (χ0n) is 16.8. The number of aromatic nitrogens is 1. The molecule has 1 aromatic heterocycles. The van der Waals surface area contributed by atoms with Gasteiger partial charge < -0.3 is 4.90 Å². The van der Waals surface area contributed by atoms with Crippen LogP contribution in [-0.2, 0) is 11.2 Å². The van der Waals surface area contributed by atoms with Gasteiger partial charge in [-0.25, -0.2) is 4.39 Å². The minimum atomic E-state index is -0.206. The summed E-state index contributed by atoms with van der Waals surface area (Å²) >= 11 is 3.43. The van der Waals surface area contributed by atoms with E-state index in [0.29, 0.717) is 12.3 Å². The maximum Gasteiger partial charge on any atom is 0.227 e. The molecule has 5 rings (SSSR count). The fraction of sp³-hybridized carbons (Fsp3) is 0.360. The number of pyridine rings is 1. The molecule has 0 radical (unpaired) electrons. The SMILES string of the molecule is O=C(Cc1ccc(Br)cc1)N1CC2(CCC(c3ccnc4ccc(F)cc34)CC2)C1. The molecule has 154 valence electrons. The molecular formula is C25H24BrFN2O. The average Bonchev–Trinajstić information content (AvgIpc) is 2.73. The van der Waals surface area contributed by atoms with E-state index in [2.05, 4.69) is 27.0 Å². The van der Waals surface area contributed by atoms with Crippen LogP contribution in [0.15, 0.2) is 59.2 Å². The van der Waals surface area contributed by atoms with Gasteiger partial charge in [-0.05, 0) is 79.1 Å². The zero-order chi connectivity index (χ0) is 20.7. The van der Waals surface area contributed by atoms with Gasteiger partial charge in [0.15, 0.2) is 0 Å². The Balaban J connectivity index is 1.21. The van der Waals surface area contributed by atoms with Crippen molar-refractivity contribution >= 4 is 32.7 Å². The molecule has 3 nitrogen and oxygen atoms in total. The fourth-order valence-corrected chi connectivity index (χ4v) is 5.45. The van der Waals surface area contributed by atoms with Crippen LogP contribution in [0, 0.1) is 11.2 Å². The Morgan fingerprint density at radius 3 is 2.57 bits per heavy atom. The number of nitrogens with zero attached hydrogens (tertiary/aromatic N) is 2. The average molecular weight is 467 g/mol. The first-order valence-corrected chi connectivity index (χ1v) is 11.4. The maximum atomic E-state index is 13.8. The molecule has 2 aromatic carbocycles. The van der Waals surface area contributed by atoms with E-state index in [-0.39, 0.29) is 17.1 Å². The molecule has 2 fully saturated rings. The monoisotopic (exact) mass is 466 g/mol. The van der Waals surface area contributed by atoms with Gasteiger partial charge in [-0.3, -0.25) is 9.78 Å². The molecule has 2 aliphatic rings. The Hall–Kier alpha value is -2.27. The van der Waals surface area contributed by atoms with E-state index >= 15 is 0 Å². The van der Waals surface area contributed by atoms with Gasteiger partial charge in [0, 0.05) is 34.6 Å². The minimum Gasteiger partial charge on any atom is -0.341 e. The number of hydrogen-bond acceptors (Lipinski definition) is 2. The van der Waals surface area contributed by atoms with E-state index in [9.17, 15) is 9.18 Å². The summed E-state index contributed by atoms with van der Waals surface area (Å²) in [6, 6.07) is 14.9. The van der Waals surface area contributed by atoms with Crippen LogP contribution in [0.2, 0.25) is 0 Å². The van der Waals surface area contributed by atoms with E-state index < -0.39 is 0 Å². The lowest BCUT2D eigenvalue weighted by molar-refractivity contribution is -0.145. The summed E-state index contributed by atoms with van der Waals surface area (Å²) in [6.45, 7) is 1.75. The predicted octanol–water partition coefficient (Wildman–Crippen LogP) is 5.87. The highest BCUT2D eigenvalue weighted by Crippen LogP contribution is 2.49. The Kier molecular flexibility index (Phi) is 5.10. The summed E-state index contributed by atoms with van der Waals surface area (Å²) in [5.41, 5.74) is 3.42. The molecule has 3 aromatic rings. The summed E-state index contributed by atoms with van der Waals surface area (Å²) < 4.78 is 14.8. The van der Waals surface area contributed by atoms with Crippen molar-refractivity contribution in [3.05, 3.63) is 76.1 Å². The van der Waals surface area contributed by atoms with Gasteiger partial charge >= 0.3 is 0 Å². The first-order chi connectivity index (χ1) is 14.5. The molecule has 1 spiro atoms. The summed E-state index contributed by atoms with van der Waals surface area (Å²) in [4.78, 5) is 19.0. The molecule has 0 unspecified atom stereocenters. The Morgan fingerprint density at radius 1 is 1.10 bits per heavy atom. The minimum absolute atomic E-state index is 0.206. The fourth-order valence-electron chi connectivity index (χ4n) is 5.18. The van der Waals surface area contributed by atoms with Crippen molar-refractivity contribution in [3.8, 4) is 0 Å². The van der Waals surface area contributed by atoms with Crippen molar-refractivity contribution < 1.29 is 9.18 Å². The van der Waals surface area contributed by atoms with Gasteiger partial charge in [0.1, 0.15) is 5.82 Å². The molecule has 0 N–H and O–H groups in total. The highest BCUT2D eigenvalue weighted by Gasteiger charge is 2.46. The van der Waals surface area contributed by atoms with Crippen molar-refractivity contribution in [2.75, 3.05) is 13.1 Å². The number of carbonyl (C=O) groups is 1. The largest absolute Gasteiger partial charge is 0.341 e. The topological polar surface area (TPSA) is 33.2 Å². The van der Waals surface area contributed by atoms with Crippen molar-refractivity contribution in [2.45, 2.75) is 38.0 Å². The number of halogens is 2. The van der Waals surface area contributed by atoms with Crippen LogP contribution in [0.3, 0.4) is 0 Å². The number of carbonyl (C=O) groups excluding carboxylic acids is 1. The Labute approximate surface area is 184 Å². The zero-order valence-corrected chi connectivity index (χ0v) is 18.4. The van der Waals surface area contributed by atoms with Crippen molar-refractivity contribution in [3.63, 3.8) is 0 Å². The van der Waals surface area contributed by atoms with Crippen LogP contribution in [0.25, 0.3) is 10.9 Å². The molecule has 1 amide bonds. The Morgan fingerprint density at radius 2 is 1.83 bits per heavy atom. The van der Waals surface area contributed by atoms with Crippen LogP contribution in [0.4, 0.5) is 4.39 Å². The number of fused-ring (bicyclic) bond motifs is 1. The summed E-state index contributed by atoms with van der Waals surface area (Å²) in [6.07, 6.45) is 6.73. The number of amides is 1. The smallest absolute Gasteiger partial charge is 0.227 e. The molecular weight excluding hydrogens is 443 g/mol. The third-order valence-electron chi connectivity index (χ3n) is 6.90. The van der Waals surface area contributed by atoms with E-state index in [1.807, 2.05) is 35.4 Å². The van der Waals surface area contributed by atoms with Gasteiger partial charge in [-0.15, -0.1) is 0 Å². The van der Waals surface area contributed by atoms with E-state index in [0.717, 1.165) is 59.7 Å². The first-order valence-electron chi connectivity index (χ1n) is 10.6. The third kappa shape index (κ3) is 3.76. The lowest BCUT2D eigenvalue weighted by Gasteiger charge is -2.53. The third-order valence-corrected chi connectivity index (χ3v) is 7.43. The van der Waals surface area contributed by atoms with E-state index in [1.54, 1.807) is 12.1 Å². The maximum absolute atomic E-state index is 13.8. The molecule has 1 aliphatic carbocycles. The predicted molar refractivity (Wildman–Crippen MR) is 120 cm³/mol. The highest BCUT2D eigenvalue weighted by atomic mass is 79.9. The number of likely N-dealkylation sites (tertiary alicyclic amines) is 1. The second kappa shape index (κ2) is 7.77. The second-order valence-electron chi connectivity index (χ2n) is 8.89. The normalized spacial score (nSPS) is 18.5. The lowest BCUT2D eigenvalue weighted by atomic mass is 9.64. The van der Waals surface area contributed by atoms with Crippen molar-refractivity contribution in [1.82, 2.24) is 9.88 Å². The van der Waals surface area contributed by atoms with E-state index in [1.165, 1.54) is 11.6 Å². The molecule has 5 heteroatoms. The summed E-state index contributed by atoms with van der Waals surface area (Å²) in [7, 11) is 0. The first kappa shape index (κ1) is 19.7. The van der Waals surface area contributed by atoms with Gasteiger partial charge in [-0.2, -0.15) is 0 Å². The van der Waals surface area contributed by atoms with Crippen LogP contribution in [0.5, 0.6) is 0 Å².